The lowest BCUT2D eigenvalue weighted by atomic mass is 9.87. The van der Waals surface area contributed by atoms with Crippen LogP contribution in [0, 0.1) is 5.41 Å². The summed E-state index contributed by atoms with van der Waals surface area (Å²) in [5, 5.41) is 15.5. The van der Waals surface area contributed by atoms with E-state index in [2.05, 4.69) is 53.6 Å². The first-order chi connectivity index (χ1) is 11.9. The quantitative estimate of drug-likeness (QED) is 0.677. The molecule has 2 unspecified atom stereocenters. The normalized spacial score (nSPS) is 19.6. The maximum atomic E-state index is 12.1. The van der Waals surface area contributed by atoms with Crippen LogP contribution < -0.4 is 10.6 Å². The van der Waals surface area contributed by atoms with E-state index >= 15 is 0 Å². The lowest BCUT2D eigenvalue weighted by Crippen LogP contribution is -2.46. The van der Waals surface area contributed by atoms with E-state index in [-0.39, 0.29) is 17.6 Å². The molecule has 3 N–H and O–H groups in total. The molecule has 0 aliphatic carbocycles. The third-order valence-corrected chi connectivity index (χ3v) is 4.80. The van der Waals surface area contributed by atoms with Crippen LogP contribution in [-0.4, -0.2) is 47.8 Å². The number of aliphatic hydroxyl groups is 1. The smallest absolute Gasteiger partial charge is 0.314 e. The van der Waals surface area contributed by atoms with E-state index in [9.17, 15) is 9.90 Å². The minimum Gasteiger partial charge on any atom is -0.393 e. The number of likely N-dealkylation sites (tertiary alicyclic amines) is 1. The van der Waals surface area contributed by atoms with Gasteiger partial charge in [0.2, 0.25) is 0 Å². The van der Waals surface area contributed by atoms with Gasteiger partial charge in [-0.1, -0.05) is 44.2 Å². The van der Waals surface area contributed by atoms with Gasteiger partial charge in [0.05, 0.1) is 6.10 Å². The molecule has 0 saturated carbocycles. The monoisotopic (exact) mass is 347 g/mol. The molecule has 0 bridgehead atoms. The van der Waals surface area contributed by atoms with E-state index in [1.54, 1.807) is 6.92 Å². The molecule has 1 saturated heterocycles. The molecule has 2 amide bonds. The van der Waals surface area contributed by atoms with Gasteiger partial charge in [-0.15, -0.1) is 0 Å². The summed E-state index contributed by atoms with van der Waals surface area (Å²) in [6.07, 6.45) is 2.62. The van der Waals surface area contributed by atoms with Gasteiger partial charge in [-0.05, 0) is 43.7 Å². The zero-order valence-electron chi connectivity index (χ0n) is 15.8. The van der Waals surface area contributed by atoms with E-state index in [4.69, 9.17) is 0 Å². The second-order valence-corrected chi connectivity index (χ2v) is 8.03. The summed E-state index contributed by atoms with van der Waals surface area (Å²) >= 11 is 0. The number of rotatable bonds is 8. The zero-order chi connectivity index (χ0) is 18.3. The fraction of sp³-hybridized carbons (Fsp3) is 0.650. The largest absolute Gasteiger partial charge is 0.393 e. The Hall–Kier alpha value is -1.59. The number of carbonyl (C=O) groups excluding carboxylic acids is 1. The predicted octanol–water partition coefficient (Wildman–Crippen LogP) is 2.75. The molecule has 2 atom stereocenters. The Balaban J connectivity index is 1.73. The highest BCUT2D eigenvalue weighted by molar-refractivity contribution is 5.73. The van der Waals surface area contributed by atoms with Crippen LogP contribution >= 0.6 is 0 Å². The van der Waals surface area contributed by atoms with Crippen LogP contribution in [0.2, 0.25) is 0 Å². The van der Waals surface area contributed by atoms with E-state index in [1.807, 2.05) is 6.07 Å². The van der Waals surface area contributed by atoms with Gasteiger partial charge in [-0.25, -0.2) is 4.79 Å². The summed E-state index contributed by atoms with van der Waals surface area (Å²) in [4.78, 5) is 14.5. The van der Waals surface area contributed by atoms with Crippen LogP contribution in [0.15, 0.2) is 30.3 Å². The number of benzene rings is 1. The molecule has 1 aromatic carbocycles. The maximum Gasteiger partial charge on any atom is 0.314 e. The number of nitrogens with one attached hydrogen (secondary N) is 2. The first kappa shape index (κ1) is 19.7. The number of amides is 2. The Bertz CT molecular complexity index is 531. The zero-order valence-corrected chi connectivity index (χ0v) is 15.8. The van der Waals surface area contributed by atoms with Gasteiger partial charge in [0.15, 0.2) is 0 Å². The molecular weight excluding hydrogens is 314 g/mol. The number of urea groups is 1. The molecule has 5 heteroatoms. The summed E-state index contributed by atoms with van der Waals surface area (Å²) in [7, 11) is 0. The fourth-order valence-corrected chi connectivity index (χ4v) is 3.62. The Morgan fingerprint density at radius 1 is 1.32 bits per heavy atom. The standard InChI is InChI=1S/C20H33N3O2/c1-16(24)12-20(2,3)15-22-19(25)21-13-18-10-7-11-23(18)14-17-8-5-4-6-9-17/h4-6,8-9,16,18,24H,7,10-15H2,1-3H3,(H2,21,22,25). The first-order valence-electron chi connectivity index (χ1n) is 9.33. The molecule has 1 heterocycles. The molecule has 0 radical (unpaired) electrons. The summed E-state index contributed by atoms with van der Waals surface area (Å²) in [5.74, 6) is 0. The van der Waals surface area contributed by atoms with Crippen molar-refractivity contribution in [3.8, 4) is 0 Å². The third-order valence-electron chi connectivity index (χ3n) is 4.80. The van der Waals surface area contributed by atoms with Crippen LogP contribution in [0.3, 0.4) is 0 Å². The van der Waals surface area contributed by atoms with E-state index in [0.717, 1.165) is 19.5 Å². The Morgan fingerprint density at radius 3 is 2.72 bits per heavy atom. The molecule has 1 aliphatic heterocycles. The van der Waals surface area contributed by atoms with Gasteiger partial charge in [0.1, 0.15) is 0 Å². The minimum atomic E-state index is -0.357. The van der Waals surface area contributed by atoms with Crippen molar-refractivity contribution < 1.29 is 9.90 Å². The highest BCUT2D eigenvalue weighted by atomic mass is 16.3. The van der Waals surface area contributed by atoms with Crippen LogP contribution in [0.5, 0.6) is 0 Å². The van der Waals surface area contributed by atoms with Crippen molar-refractivity contribution in [1.29, 1.82) is 0 Å². The molecule has 0 spiro atoms. The van der Waals surface area contributed by atoms with Crippen molar-refractivity contribution >= 4 is 6.03 Å². The summed E-state index contributed by atoms with van der Waals surface area (Å²) in [6.45, 7) is 9.15. The number of aliphatic hydroxyl groups excluding tert-OH is 1. The van der Waals surface area contributed by atoms with Crippen molar-refractivity contribution in [3.05, 3.63) is 35.9 Å². The predicted molar refractivity (Wildman–Crippen MR) is 101 cm³/mol. The average molecular weight is 348 g/mol. The molecule has 2 rings (SSSR count). The van der Waals surface area contributed by atoms with Gasteiger partial charge in [-0.3, -0.25) is 4.90 Å². The third kappa shape index (κ3) is 7.04. The summed E-state index contributed by atoms with van der Waals surface area (Å²) in [6, 6.07) is 10.8. The second kappa shape index (κ2) is 9.20. The Morgan fingerprint density at radius 2 is 2.04 bits per heavy atom. The molecule has 5 nitrogen and oxygen atoms in total. The topological polar surface area (TPSA) is 64.6 Å². The van der Waals surface area contributed by atoms with Crippen LogP contribution in [0.1, 0.15) is 45.6 Å². The molecule has 1 aliphatic rings. The van der Waals surface area contributed by atoms with Crippen molar-refractivity contribution in [2.24, 2.45) is 5.41 Å². The molecule has 25 heavy (non-hydrogen) atoms. The average Bonchev–Trinajstić information content (AvgIpc) is 2.98. The lowest BCUT2D eigenvalue weighted by molar-refractivity contribution is 0.128. The van der Waals surface area contributed by atoms with Crippen molar-refractivity contribution in [1.82, 2.24) is 15.5 Å². The van der Waals surface area contributed by atoms with Crippen LogP contribution in [-0.2, 0) is 6.54 Å². The number of hydrogen-bond acceptors (Lipinski definition) is 3. The van der Waals surface area contributed by atoms with Gasteiger partial charge < -0.3 is 15.7 Å². The summed E-state index contributed by atoms with van der Waals surface area (Å²) in [5.41, 5.74) is 1.21. The Kier molecular flexibility index (Phi) is 7.26. The number of nitrogens with zero attached hydrogens (tertiary/aromatic N) is 1. The van der Waals surface area contributed by atoms with Gasteiger partial charge in [0.25, 0.3) is 0 Å². The van der Waals surface area contributed by atoms with E-state index < -0.39 is 0 Å². The van der Waals surface area contributed by atoms with E-state index in [0.29, 0.717) is 25.6 Å². The van der Waals surface area contributed by atoms with Gasteiger partial charge in [0, 0.05) is 25.7 Å². The van der Waals surface area contributed by atoms with Gasteiger partial charge >= 0.3 is 6.03 Å². The highest BCUT2D eigenvalue weighted by Gasteiger charge is 2.25. The van der Waals surface area contributed by atoms with Gasteiger partial charge in [-0.2, -0.15) is 0 Å². The SMILES string of the molecule is CC(O)CC(C)(C)CNC(=O)NCC1CCCN1Cc1ccccc1. The minimum absolute atomic E-state index is 0.113. The fourth-order valence-electron chi connectivity index (χ4n) is 3.62. The number of carbonyl (C=O) groups is 1. The van der Waals surface area contributed by atoms with Crippen molar-refractivity contribution in [2.75, 3.05) is 19.6 Å². The lowest BCUT2D eigenvalue weighted by Gasteiger charge is -2.27. The van der Waals surface area contributed by atoms with Crippen LogP contribution in [0.25, 0.3) is 0 Å². The highest BCUT2D eigenvalue weighted by Crippen LogP contribution is 2.21. The molecular formula is C20H33N3O2. The van der Waals surface area contributed by atoms with Crippen molar-refractivity contribution in [3.63, 3.8) is 0 Å². The van der Waals surface area contributed by atoms with Crippen LogP contribution in [0.4, 0.5) is 4.79 Å². The molecule has 1 fully saturated rings. The van der Waals surface area contributed by atoms with E-state index in [1.165, 1.54) is 12.0 Å². The first-order valence-corrected chi connectivity index (χ1v) is 9.33. The maximum absolute atomic E-state index is 12.1. The number of hydrogen-bond donors (Lipinski definition) is 3. The second-order valence-electron chi connectivity index (χ2n) is 8.03. The molecule has 1 aromatic rings. The Labute approximate surface area is 151 Å². The van der Waals surface area contributed by atoms with Crippen molar-refractivity contribution in [2.45, 2.75) is 58.7 Å². The molecule has 140 valence electrons. The molecule has 0 aromatic heterocycles. The summed E-state index contributed by atoms with van der Waals surface area (Å²) < 4.78 is 0.